The van der Waals surface area contributed by atoms with Crippen molar-refractivity contribution in [3.8, 4) is 0 Å². The van der Waals surface area contributed by atoms with Crippen molar-refractivity contribution in [3.63, 3.8) is 0 Å². The van der Waals surface area contributed by atoms with Gasteiger partial charge in [0.05, 0.1) is 17.1 Å². The molecule has 0 atom stereocenters. The molecule has 1 fully saturated rings. The number of halogens is 2. The molecule has 0 unspecified atom stereocenters. The highest BCUT2D eigenvalue weighted by molar-refractivity contribution is 5.52. The summed E-state index contributed by atoms with van der Waals surface area (Å²) in [7, 11) is 0. The number of nitrogens with zero attached hydrogens (tertiary/aromatic N) is 1. The number of hydrogen-bond acceptors (Lipinski definition) is 4. The van der Waals surface area contributed by atoms with Gasteiger partial charge in [-0.1, -0.05) is 0 Å². The fourth-order valence-corrected chi connectivity index (χ4v) is 2.27. The fraction of sp³-hybridized carbons (Fsp3) is 0.500. The lowest BCUT2D eigenvalue weighted by molar-refractivity contribution is -0.385. The zero-order valence-electron chi connectivity index (χ0n) is 10.2. The third kappa shape index (κ3) is 3.17. The zero-order valence-corrected chi connectivity index (χ0v) is 10.2. The van der Waals surface area contributed by atoms with Crippen molar-refractivity contribution in [1.29, 1.82) is 0 Å². The second-order valence-corrected chi connectivity index (χ2v) is 4.80. The molecule has 0 aromatic heterocycles. The van der Waals surface area contributed by atoms with Crippen LogP contribution in [0.1, 0.15) is 25.7 Å². The minimum atomic E-state index is -0.943. The lowest BCUT2D eigenvalue weighted by Gasteiger charge is -2.27. The van der Waals surface area contributed by atoms with Gasteiger partial charge >= 0.3 is 0 Å². The predicted molar refractivity (Wildman–Crippen MR) is 66.9 cm³/mol. The molecule has 0 saturated heterocycles. The van der Waals surface area contributed by atoms with Gasteiger partial charge in [-0.25, -0.2) is 8.78 Å². The van der Waals surface area contributed by atoms with Crippen molar-refractivity contribution in [2.24, 2.45) is 5.73 Å². The van der Waals surface area contributed by atoms with E-state index in [9.17, 15) is 18.9 Å². The van der Waals surface area contributed by atoms with Gasteiger partial charge in [-0.3, -0.25) is 10.1 Å². The van der Waals surface area contributed by atoms with Crippen molar-refractivity contribution < 1.29 is 13.7 Å². The SMILES string of the molecule is NC1CCC(Nc2c(F)cc([N+](=O)[O-])cc2F)CC1. The van der Waals surface area contributed by atoms with Gasteiger partial charge in [0.1, 0.15) is 5.69 Å². The van der Waals surface area contributed by atoms with Crippen LogP contribution >= 0.6 is 0 Å². The number of nitrogens with one attached hydrogen (secondary N) is 1. The summed E-state index contributed by atoms with van der Waals surface area (Å²) in [6.45, 7) is 0. The first kappa shape index (κ1) is 13.7. The minimum absolute atomic E-state index is 0.0507. The largest absolute Gasteiger partial charge is 0.378 e. The van der Waals surface area contributed by atoms with E-state index >= 15 is 0 Å². The van der Waals surface area contributed by atoms with Crippen LogP contribution in [-0.2, 0) is 0 Å². The molecular weight excluding hydrogens is 256 g/mol. The Labute approximate surface area is 108 Å². The van der Waals surface area contributed by atoms with E-state index in [0.29, 0.717) is 0 Å². The molecule has 104 valence electrons. The highest BCUT2D eigenvalue weighted by Gasteiger charge is 2.22. The Morgan fingerprint density at radius 1 is 1.21 bits per heavy atom. The number of benzene rings is 1. The van der Waals surface area contributed by atoms with Crippen LogP contribution in [0.4, 0.5) is 20.2 Å². The summed E-state index contributed by atoms with van der Waals surface area (Å²) in [5.74, 6) is -1.89. The van der Waals surface area contributed by atoms with Gasteiger partial charge in [0.15, 0.2) is 11.6 Å². The van der Waals surface area contributed by atoms with Gasteiger partial charge in [-0.15, -0.1) is 0 Å². The van der Waals surface area contributed by atoms with Crippen molar-refractivity contribution in [3.05, 3.63) is 33.9 Å². The quantitative estimate of drug-likeness (QED) is 0.654. The van der Waals surface area contributed by atoms with Crippen LogP contribution in [0.5, 0.6) is 0 Å². The highest BCUT2D eigenvalue weighted by Crippen LogP contribution is 2.28. The van der Waals surface area contributed by atoms with Crippen molar-refractivity contribution in [2.45, 2.75) is 37.8 Å². The molecule has 0 amide bonds. The molecule has 1 saturated carbocycles. The lowest BCUT2D eigenvalue weighted by atomic mass is 9.91. The summed E-state index contributed by atoms with van der Waals surface area (Å²) >= 11 is 0. The Hall–Kier alpha value is -1.76. The molecular formula is C12H15F2N3O2. The van der Waals surface area contributed by atoms with Crippen LogP contribution < -0.4 is 11.1 Å². The van der Waals surface area contributed by atoms with E-state index in [-0.39, 0.29) is 17.8 Å². The molecule has 1 aliphatic carbocycles. The molecule has 1 aromatic rings. The molecule has 5 nitrogen and oxygen atoms in total. The molecule has 19 heavy (non-hydrogen) atoms. The monoisotopic (exact) mass is 271 g/mol. The van der Waals surface area contributed by atoms with E-state index in [4.69, 9.17) is 5.73 Å². The smallest absolute Gasteiger partial charge is 0.275 e. The summed E-state index contributed by atoms with van der Waals surface area (Å²) in [5, 5.41) is 13.3. The molecule has 0 radical (unpaired) electrons. The van der Waals surface area contributed by atoms with Crippen LogP contribution in [-0.4, -0.2) is 17.0 Å². The van der Waals surface area contributed by atoms with E-state index in [1.165, 1.54) is 0 Å². The molecule has 1 aromatic carbocycles. The summed E-state index contributed by atoms with van der Waals surface area (Å²) in [4.78, 5) is 9.66. The standard InChI is InChI=1S/C12H15F2N3O2/c13-10-5-9(17(18)19)6-11(14)12(10)16-8-3-1-7(15)2-4-8/h5-8,16H,1-4,15H2. The second kappa shape index (κ2) is 5.48. The molecule has 1 aliphatic rings. The van der Waals surface area contributed by atoms with Crippen LogP contribution in [0.3, 0.4) is 0 Å². The maximum Gasteiger partial charge on any atom is 0.275 e. The maximum atomic E-state index is 13.7. The predicted octanol–water partition coefficient (Wildman–Crippen LogP) is 2.55. The topological polar surface area (TPSA) is 81.2 Å². The Kier molecular flexibility index (Phi) is 3.94. The molecule has 0 heterocycles. The van der Waals surface area contributed by atoms with Crippen LogP contribution in [0, 0.1) is 21.7 Å². The average Bonchev–Trinajstić information content (AvgIpc) is 2.35. The summed E-state index contributed by atoms with van der Waals surface area (Å²) < 4.78 is 27.3. The number of nitro groups is 1. The van der Waals surface area contributed by atoms with Crippen molar-refractivity contribution >= 4 is 11.4 Å². The van der Waals surface area contributed by atoms with E-state index in [1.54, 1.807) is 0 Å². The first-order chi connectivity index (χ1) is 8.97. The first-order valence-corrected chi connectivity index (χ1v) is 6.13. The van der Waals surface area contributed by atoms with Crippen molar-refractivity contribution in [2.75, 3.05) is 5.32 Å². The van der Waals surface area contributed by atoms with E-state index < -0.39 is 22.2 Å². The van der Waals surface area contributed by atoms with Gasteiger partial charge in [0, 0.05) is 12.1 Å². The maximum absolute atomic E-state index is 13.7. The third-order valence-electron chi connectivity index (χ3n) is 3.36. The highest BCUT2D eigenvalue weighted by atomic mass is 19.1. The molecule has 0 bridgehead atoms. The first-order valence-electron chi connectivity index (χ1n) is 6.13. The zero-order chi connectivity index (χ0) is 14.0. The number of non-ortho nitro benzene ring substituents is 1. The Balaban J connectivity index is 2.14. The fourth-order valence-electron chi connectivity index (χ4n) is 2.27. The number of anilines is 1. The number of nitro benzene ring substituents is 1. The minimum Gasteiger partial charge on any atom is -0.378 e. The second-order valence-electron chi connectivity index (χ2n) is 4.80. The van der Waals surface area contributed by atoms with E-state index in [0.717, 1.165) is 37.8 Å². The van der Waals surface area contributed by atoms with Gasteiger partial charge in [0.25, 0.3) is 5.69 Å². The van der Waals surface area contributed by atoms with Gasteiger partial charge in [-0.05, 0) is 25.7 Å². The molecule has 3 N–H and O–H groups in total. The summed E-state index contributed by atoms with van der Waals surface area (Å²) in [6, 6.07) is 1.54. The van der Waals surface area contributed by atoms with Crippen LogP contribution in [0.2, 0.25) is 0 Å². The molecule has 2 rings (SSSR count). The Morgan fingerprint density at radius 2 is 1.74 bits per heavy atom. The Bertz CT molecular complexity index is 465. The van der Waals surface area contributed by atoms with Gasteiger partial charge in [0.2, 0.25) is 0 Å². The summed E-state index contributed by atoms with van der Waals surface area (Å²) in [5.41, 5.74) is 4.86. The van der Waals surface area contributed by atoms with E-state index in [2.05, 4.69) is 5.32 Å². The number of nitrogens with two attached hydrogens (primary N) is 1. The normalized spacial score (nSPS) is 23.1. The molecule has 0 spiro atoms. The molecule has 7 heteroatoms. The van der Waals surface area contributed by atoms with E-state index in [1.807, 2.05) is 0 Å². The van der Waals surface area contributed by atoms with Crippen LogP contribution in [0.25, 0.3) is 0 Å². The molecule has 0 aliphatic heterocycles. The van der Waals surface area contributed by atoms with Crippen molar-refractivity contribution in [1.82, 2.24) is 0 Å². The third-order valence-corrected chi connectivity index (χ3v) is 3.36. The lowest BCUT2D eigenvalue weighted by Crippen LogP contribution is -2.33. The van der Waals surface area contributed by atoms with Gasteiger partial charge in [-0.2, -0.15) is 0 Å². The van der Waals surface area contributed by atoms with Crippen LogP contribution in [0.15, 0.2) is 12.1 Å². The Morgan fingerprint density at radius 3 is 2.21 bits per heavy atom. The number of rotatable bonds is 3. The average molecular weight is 271 g/mol. The van der Waals surface area contributed by atoms with Gasteiger partial charge < -0.3 is 11.1 Å². The summed E-state index contributed by atoms with van der Waals surface area (Å²) in [6.07, 6.45) is 3.07. The number of hydrogen-bond donors (Lipinski definition) is 2.